The van der Waals surface area contributed by atoms with Crippen molar-refractivity contribution in [3.05, 3.63) is 23.0 Å². The van der Waals surface area contributed by atoms with Crippen LogP contribution in [-0.4, -0.2) is 28.9 Å². The third-order valence-electron chi connectivity index (χ3n) is 3.59. The van der Waals surface area contributed by atoms with Crippen molar-refractivity contribution in [2.45, 2.75) is 33.2 Å². The Labute approximate surface area is 101 Å². The molecule has 0 aliphatic carbocycles. The summed E-state index contributed by atoms with van der Waals surface area (Å²) in [5.41, 5.74) is 2.30. The maximum absolute atomic E-state index is 11.0. The monoisotopic (exact) mass is 237 g/mol. The van der Waals surface area contributed by atoms with Crippen LogP contribution in [0, 0.1) is 19.8 Å². The van der Waals surface area contributed by atoms with E-state index in [1.165, 1.54) is 0 Å². The minimum Gasteiger partial charge on any atom is -0.478 e. The summed E-state index contributed by atoms with van der Waals surface area (Å²) in [6.07, 6.45) is 2.20. The Balaban J connectivity index is 2.07. The fourth-order valence-corrected chi connectivity index (χ4v) is 2.48. The maximum atomic E-state index is 11.0. The lowest BCUT2D eigenvalue weighted by molar-refractivity contribution is 0.0696. The van der Waals surface area contributed by atoms with Crippen molar-refractivity contribution in [3.63, 3.8) is 0 Å². The number of hydrogen-bond donors (Lipinski definition) is 1. The highest BCUT2D eigenvalue weighted by Crippen LogP contribution is 2.20. The molecule has 4 nitrogen and oxygen atoms in total. The van der Waals surface area contributed by atoms with Crippen molar-refractivity contribution in [1.29, 1.82) is 0 Å². The van der Waals surface area contributed by atoms with Gasteiger partial charge in [-0.3, -0.25) is 0 Å². The molecule has 0 amide bonds. The highest BCUT2D eigenvalue weighted by atomic mass is 16.5. The molecule has 94 valence electrons. The molecule has 1 aromatic heterocycles. The van der Waals surface area contributed by atoms with E-state index in [9.17, 15) is 4.79 Å². The molecular weight excluding hydrogens is 218 g/mol. The van der Waals surface area contributed by atoms with E-state index in [1.54, 1.807) is 6.07 Å². The molecule has 2 heterocycles. The lowest BCUT2D eigenvalue weighted by Crippen LogP contribution is -2.09. The zero-order valence-corrected chi connectivity index (χ0v) is 10.4. The number of aromatic nitrogens is 1. The van der Waals surface area contributed by atoms with Crippen LogP contribution in [0.25, 0.3) is 0 Å². The smallest absolute Gasteiger partial charge is 0.337 e. The van der Waals surface area contributed by atoms with Gasteiger partial charge in [0.2, 0.25) is 0 Å². The van der Waals surface area contributed by atoms with Gasteiger partial charge in [-0.1, -0.05) is 0 Å². The Morgan fingerprint density at radius 1 is 1.59 bits per heavy atom. The van der Waals surface area contributed by atoms with Crippen LogP contribution in [0.5, 0.6) is 0 Å². The molecule has 1 fully saturated rings. The molecule has 1 saturated heterocycles. The number of ether oxygens (including phenoxy) is 1. The Kier molecular flexibility index (Phi) is 3.52. The predicted molar refractivity (Wildman–Crippen MR) is 64.4 cm³/mol. The molecule has 0 bridgehead atoms. The molecule has 17 heavy (non-hydrogen) atoms. The number of rotatable bonds is 4. The summed E-state index contributed by atoms with van der Waals surface area (Å²) in [4.78, 5) is 11.0. The summed E-state index contributed by atoms with van der Waals surface area (Å²) in [6.45, 7) is 6.45. The molecule has 1 unspecified atom stereocenters. The average Bonchev–Trinajstić information content (AvgIpc) is 2.86. The summed E-state index contributed by atoms with van der Waals surface area (Å²) < 4.78 is 7.45. The fraction of sp³-hybridized carbons (Fsp3) is 0.615. The molecular formula is C13H19NO3. The Hall–Kier alpha value is -1.29. The van der Waals surface area contributed by atoms with Gasteiger partial charge in [0.05, 0.1) is 5.56 Å². The van der Waals surface area contributed by atoms with E-state index in [-0.39, 0.29) is 0 Å². The van der Waals surface area contributed by atoms with E-state index in [0.717, 1.165) is 44.0 Å². The van der Waals surface area contributed by atoms with Gasteiger partial charge in [-0.05, 0) is 38.7 Å². The maximum Gasteiger partial charge on any atom is 0.337 e. The normalized spacial score (nSPS) is 19.8. The van der Waals surface area contributed by atoms with E-state index < -0.39 is 5.97 Å². The van der Waals surface area contributed by atoms with Gasteiger partial charge in [0, 0.05) is 31.1 Å². The van der Waals surface area contributed by atoms with Gasteiger partial charge in [-0.15, -0.1) is 0 Å². The predicted octanol–water partition coefficient (Wildman–Crippen LogP) is 2.23. The molecule has 4 heteroatoms. The Bertz CT molecular complexity index is 417. The second-order valence-corrected chi connectivity index (χ2v) is 4.76. The highest BCUT2D eigenvalue weighted by Gasteiger charge is 2.18. The largest absolute Gasteiger partial charge is 0.478 e. The van der Waals surface area contributed by atoms with Gasteiger partial charge in [-0.25, -0.2) is 4.79 Å². The number of carboxylic acid groups (broad SMARTS) is 1. The third-order valence-corrected chi connectivity index (χ3v) is 3.59. The molecule has 0 aromatic carbocycles. The molecule has 0 saturated carbocycles. The summed E-state index contributed by atoms with van der Waals surface area (Å²) >= 11 is 0. The number of nitrogens with zero attached hydrogens (tertiary/aromatic N) is 1. The van der Waals surface area contributed by atoms with E-state index in [1.807, 2.05) is 13.8 Å². The van der Waals surface area contributed by atoms with Crippen molar-refractivity contribution in [2.24, 2.45) is 5.92 Å². The second kappa shape index (κ2) is 4.92. The summed E-state index contributed by atoms with van der Waals surface area (Å²) in [5, 5.41) is 9.05. The van der Waals surface area contributed by atoms with E-state index in [2.05, 4.69) is 4.57 Å². The number of carboxylic acids is 1. The zero-order valence-electron chi connectivity index (χ0n) is 10.4. The lowest BCUT2D eigenvalue weighted by atomic mass is 10.1. The van der Waals surface area contributed by atoms with Crippen LogP contribution in [0.2, 0.25) is 0 Å². The van der Waals surface area contributed by atoms with Crippen LogP contribution < -0.4 is 0 Å². The molecule has 0 spiro atoms. The van der Waals surface area contributed by atoms with Crippen LogP contribution in [0.4, 0.5) is 0 Å². The molecule has 1 N–H and O–H groups in total. The molecule has 1 atom stereocenters. The van der Waals surface area contributed by atoms with Crippen LogP contribution in [-0.2, 0) is 11.3 Å². The molecule has 2 rings (SSSR count). The van der Waals surface area contributed by atoms with Crippen molar-refractivity contribution >= 4 is 5.97 Å². The first-order valence-corrected chi connectivity index (χ1v) is 6.07. The van der Waals surface area contributed by atoms with Crippen molar-refractivity contribution in [1.82, 2.24) is 4.57 Å². The Morgan fingerprint density at radius 3 is 2.88 bits per heavy atom. The standard InChI is InChI=1S/C13H19NO3/c1-9-7-12(13(15)16)10(2)14(9)5-3-11-4-6-17-8-11/h7,11H,3-6,8H2,1-2H3,(H,15,16). The van der Waals surface area contributed by atoms with E-state index in [4.69, 9.17) is 9.84 Å². The van der Waals surface area contributed by atoms with Gasteiger partial charge in [0.25, 0.3) is 0 Å². The van der Waals surface area contributed by atoms with Crippen molar-refractivity contribution in [3.8, 4) is 0 Å². The first kappa shape index (κ1) is 12.2. The molecule has 0 radical (unpaired) electrons. The second-order valence-electron chi connectivity index (χ2n) is 4.76. The van der Waals surface area contributed by atoms with Gasteiger partial charge < -0.3 is 14.4 Å². The minimum absolute atomic E-state index is 0.421. The number of hydrogen-bond acceptors (Lipinski definition) is 2. The van der Waals surface area contributed by atoms with Gasteiger partial charge >= 0.3 is 5.97 Å². The summed E-state index contributed by atoms with van der Waals surface area (Å²) in [7, 11) is 0. The average molecular weight is 237 g/mol. The first-order chi connectivity index (χ1) is 8.09. The van der Waals surface area contributed by atoms with Crippen LogP contribution in [0.3, 0.4) is 0 Å². The first-order valence-electron chi connectivity index (χ1n) is 6.07. The van der Waals surface area contributed by atoms with Gasteiger partial charge in [0.1, 0.15) is 0 Å². The molecule has 1 aliphatic heterocycles. The van der Waals surface area contributed by atoms with Gasteiger partial charge in [-0.2, -0.15) is 0 Å². The highest BCUT2D eigenvalue weighted by molar-refractivity contribution is 5.89. The molecule has 1 aliphatic rings. The van der Waals surface area contributed by atoms with Gasteiger partial charge in [0.15, 0.2) is 0 Å². The van der Waals surface area contributed by atoms with Crippen molar-refractivity contribution in [2.75, 3.05) is 13.2 Å². The molecule has 1 aromatic rings. The quantitative estimate of drug-likeness (QED) is 0.873. The number of carbonyl (C=O) groups is 1. The summed E-state index contributed by atoms with van der Waals surface area (Å²) in [6, 6.07) is 1.75. The fourth-order valence-electron chi connectivity index (χ4n) is 2.48. The van der Waals surface area contributed by atoms with Crippen LogP contribution >= 0.6 is 0 Å². The minimum atomic E-state index is -0.839. The zero-order chi connectivity index (χ0) is 12.4. The lowest BCUT2D eigenvalue weighted by Gasteiger charge is -2.12. The Morgan fingerprint density at radius 2 is 2.35 bits per heavy atom. The SMILES string of the molecule is Cc1cc(C(=O)O)c(C)n1CCC1CCOC1. The van der Waals surface area contributed by atoms with Crippen LogP contribution in [0.15, 0.2) is 6.07 Å². The van der Waals surface area contributed by atoms with E-state index in [0.29, 0.717) is 11.5 Å². The topological polar surface area (TPSA) is 51.5 Å². The summed E-state index contributed by atoms with van der Waals surface area (Å²) in [5.74, 6) is -0.210. The third kappa shape index (κ3) is 2.52. The number of aromatic carboxylic acids is 1. The van der Waals surface area contributed by atoms with Crippen molar-refractivity contribution < 1.29 is 14.6 Å². The van der Waals surface area contributed by atoms with E-state index >= 15 is 0 Å². The number of aryl methyl sites for hydroxylation is 1. The van der Waals surface area contributed by atoms with Crippen LogP contribution in [0.1, 0.15) is 34.6 Å².